The molecular formula is C80H64Ir2N4O4-4. The van der Waals surface area contributed by atoms with Gasteiger partial charge in [-0.05, 0) is 105 Å². The number of nitrogens with zero attached hydrogens (tertiary/aromatic N) is 4. The van der Waals surface area contributed by atoms with Crippen LogP contribution in [0, 0.1) is 48.8 Å². The molecule has 8 heterocycles. The summed E-state index contributed by atoms with van der Waals surface area (Å²) in [6.07, 6.45) is 3.69. The predicted molar refractivity (Wildman–Crippen MR) is 355 cm³/mol. The second-order valence-electron chi connectivity index (χ2n) is 23.3. The maximum absolute atomic E-state index is 8.25. The Morgan fingerprint density at radius 1 is 0.433 bits per heavy atom. The number of pyridine rings is 4. The first-order valence-corrected chi connectivity index (χ1v) is 28.8. The molecule has 0 N–H and O–H groups in total. The average Bonchev–Trinajstić information content (AvgIpc) is 1.58. The first kappa shape index (κ1) is 50.7. The van der Waals surface area contributed by atoms with E-state index in [2.05, 4.69) is 86.7 Å². The molecular weight excluding hydrogens is 1470 g/mol. The predicted octanol–water partition coefficient (Wildman–Crippen LogP) is 21.3. The van der Waals surface area contributed by atoms with E-state index >= 15 is 0 Å². The van der Waals surface area contributed by atoms with Crippen LogP contribution in [0.15, 0.2) is 228 Å². The zero-order valence-electron chi connectivity index (χ0n) is 59.9. The molecule has 14 aromatic rings. The first-order valence-electron chi connectivity index (χ1n) is 33.8. The number of aryl methyl sites for hydroxylation is 2. The van der Waals surface area contributed by atoms with Crippen molar-refractivity contribution in [3.05, 3.63) is 265 Å². The summed E-state index contributed by atoms with van der Waals surface area (Å²) in [7, 11) is 0. The van der Waals surface area contributed by atoms with Gasteiger partial charge in [-0.15, -0.1) is 119 Å². The van der Waals surface area contributed by atoms with Crippen LogP contribution in [-0.2, 0) is 53.0 Å². The van der Waals surface area contributed by atoms with E-state index in [4.69, 9.17) is 32.0 Å². The molecule has 8 nitrogen and oxygen atoms in total. The Morgan fingerprint density at radius 3 is 1.49 bits per heavy atom. The van der Waals surface area contributed by atoms with Crippen LogP contribution >= 0.6 is 0 Å². The summed E-state index contributed by atoms with van der Waals surface area (Å²) in [6.45, 7) is 6.81. The third-order valence-corrected chi connectivity index (χ3v) is 14.5. The van der Waals surface area contributed by atoms with Crippen LogP contribution in [0.5, 0.6) is 23.0 Å². The van der Waals surface area contributed by atoms with Gasteiger partial charge in [0.25, 0.3) is 0 Å². The SMILES string of the molecule is [2H]C([2H])([2H])c1c[c-]c(-c2ccc(C([2H])([2H])C(C)(C)C)cn2)cc1.[2H]C([2H])([2H])c1c[c-]c(-c2ccc(C([2H])([2H])C(C)(C)C)cn2)cc1.[Ir].[Ir].[c-]1cccc2c1-c1ncccc1-c1cc3c(cc1O2)oc1ccccc13.[c-]1cccc2c1-c1ncccc1-c1ccc3c(oc4ccccc43)c1O2. The van der Waals surface area contributed by atoms with Crippen LogP contribution in [0.3, 0.4) is 0 Å². The van der Waals surface area contributed by atoms with Crippen molar-refractivity contribution in [1.82, 2.24) is 19.9 Å². The Morgan fingerprint density at radius 2 is 0.967 bits per heavy atom. The molecule has 0 saturated heterocycles. The van der Waals surface area contributed by atoms with E-state index in [9.17, 15) is 0 Å². The molecule has 0 spiro atoms. The van der Waals surface area contributed by atoms with Gasteiger partial charge in [0.2, 0.25) is 0 Å². The van der Waals surface area contributed by atoms with Gasteiger partial charge < -0.3 is 38.2 Å². The van der Waals surface area contributed by atoms with Gasteiger partial charge in [-0.2, -0.15) is 0 Å². The Bertz CT molecular complexity index is 5160. The van der Waals surface area contributed by atoms with Crippen molar-refractivity contribution < 1.29 is 72.2 Å². The third kappa shape index (κ3) is 13.5. The van der Waals surface area contributed by atoms with E-state index in [1.165, 1.54) is 24.5 Å². The van der Waals surface area contributed by atoms with E-state index in [-0.39, 0.29) is 51.3 Å². The molecule has 0 bridgehead atoms. The van der Waals surface area contributed by atoms with Crippen molar-refractivity contribution in [2.24, 2.45) is 10.8 Å². The van der Waals surface area contributed by atoms with Gasteiger partial charge in [-0.1, -0.05) is 145 Å². The molecule has 2 aliphatic rings. The molecule has 0 fully saturated rings. The summed E-state index contributed by atoms with van der Waals surface area (Å²) in [4.78, 5) is 17.8. The van der Waals surface area contributed by atoms with Crippen molar-refractivity contribution in [1.29, 1.82) is 0 Å². The van der Waals surface area contributed by atoms with Crippen molar-refractivity contribution in [2.45, 2.75) is 68.0 Å². The normalized spacial score (nSPS) is 13.9. The fourth-order valence-corrected chi connectivity index (χ4v) is 10.7. The summed E-state index contributed by atoms with van der Waals surface area (Å²) in [6, 6.07) is 72.6. The standard InChI is InChI=1S/2C23H12NO2.2C17H20N.2Ir/c1-3-9-19-14(6-1)16-11-12-17-15-8-5-13-24-21(15)18-7-2-4-10-20(18)26-23(17)22(16)25-19;1-3-9-19-14(6-1)17-12-18-15-8-5-11-24-23(15)16-7-2-4-10-20(16)26-22(18)13-21(17)25-19;2*1-13-5-8-15(9-6-13)16-10-7-14(12-18-16)11-17(2,3)4;;/h2*1-6,8-13H;2*5-8,10,12H,11H2,1-4H3;;/q4*-1;;/i;;2*1D3,11D2;;. The first-order chi connectivity index (χ1) is 46.6. The number of aromatic nitrogens is 4. The summed E-state index contributed by atoms with van der Waals surface area (Å²) < 4.78 is 102. The number of furan rings is 2. The van der Waals surface area contributed by atoms with Crippen LogP contribution in [0.1, 0.15) is 77.5 Å². The molecule has 0 aliphatic carbocycles. The molecule has 16 rings (SSSR count). The zero-order valence-corrected chi connectivity index (χ0v) is 54.7. The van der Waals surface area contributed by atoms with E-state index < -0.39 is 37.3 Å². The fourth-order valence-electron chi connectivity index (χ4n) is 10.7. The van der Waals surface area contributed by atoms with Crippen molar-refractivity contribution >= 4 is 43.9 Å². The van der Waals surface area contributed by atoms with Gasteiger partial charge in [-0.25, -0.2) is 0 Å². The average molecular weight is 1540 g/mol. The van der Waals surface area contributed by atoms with Gasteiger partial charge >= 0.3 is 0 Å². The van der Waals surface area contributed by atoms with Gasteiger partial charge in [0.05, 0.1) is 0 Å². The van der Waals surface area contributed by atoms with Gasteiger partial charge in [0.15, 0.2) is 11.3 Å². The van der Waals surface area contributed by atoms with Crippen LogP contribution in [-0.4, -0.2) is 19.9 Å². The van der Waals surface area contributed by atoms with Crippen LogP contribution in [0.4, 0.5) is 0 Å². The number of rotatable bonds is 4. The maximum atomic E-state index is 8.25. The minimum absolute atomic E-state index is 0. The summed E-state index contributed by atoms with van der Waals surface area (Å²) in [5.41, 5.74) is 13.9. The van der Waals surface area contributed by atoms with E-state index in [0.717, 1.165) is 112 Å². The van der Waals surface area contributed by atoms with Crippen molar-refractivity contribution in [3.63, 3.8) is 0 Å². The molecule has 0 amide bonds. The van der Waals surface area contributed by atoms with E-state index in [1.54, 1.807) is 60.9 Å². The van der Waals surface area contributed by atoms with Crippen LogP contribution in [0.25, 0.3) is 111 Å². The van der Waals surface area contributed by atoms with Crippen LogP contribution in [0.2, 0.25) is 0 Å². The number of fused-ring (bicyclic) bond motifs is 17. The number of hydrogen-bond acceptors (Lipinski definition) is 8. The van der Waals surface area contributed by atoms with Gasteiger partial charge in [0, 0.05) is 129 Å². The molecule has 6 aromatic heterocycles. The topological polar surface area (TPSA) is 96.3 Å². The Hall–Kier alpha value is -9.14. The second kappa shape index (κ2) is 26.5. The van der Waals surface area contributed by atoms with E-state index in [0.29, 0.717) is 33.6 Å². The van der Waals surface area contributed by atoms with Crippen LogP contribution < -0.4 is 9.47 Å². The molecule has 8 aromatic carbocycles. The largest absolute Gasteiger partial charge is 0.501 e. The Balaban J connectivity index is 0.000000134. The quantitative estimate of drug-likeness (QED) is 0.161. The minimum Gasteiger partial charge on any atom is -0.501 e. The smallest absolute Gasteiger partial charge is 0.177 e. The molecule has 2 radical (unpaired) electrons. The number of ether oxygens (including phenoxy) is 2. The van der Waals surface area contributed by atoms with Crippen molar-refractivity contribution in [3.8, 4) is 90.3 Å². The molecule has 90 heavy (non-hydrogen) atoms. The Labute approximate surface area is 567 Å². The van der Waals surface area contributed by atoms with Gasteiger partial charge in [-0.3, -0.25) is 0 Å². The number of para-hydroxylation sites is 2. The third-order valence-electron chi connectivity index (χ3n) is 14.5. The molecule has 0 atom stereocenters. The maximum Gasteiger partial charge on any atom is 0.177 e. The molecule has 2 aliphatic heterocycles. The molecule has 0 saturated carbocycles. The number of hydrogen-bond donors (Lipinski definition) is 0. The summed E-state index contributed by atoms with van der Waals surface area (Å²) in [5.74, 6) is 2.98. The summed E-state index contributed by atoms with van der Waals surface area (Å²) in [5, 5.41) is 4.31. The Kier molecular flexibility index (Phi) is 14.9. The minimum atomic E-state index is -2.14. The number of benzene rings is 8. The molecule has 0 unspecified atom stereocenters. The zero-order chi connectivity index (χ0) is 69.1. The molecule has 450 valence electrons. The molecule has 10 heteroatoms. The monoisotopic (exact) mass is 1540 g/mol. The van der Waals surface area contributed by atoms with Crippen molar-refractivity contribution in [2.75, 3.05) is 0 Å². The van der Waals surface area contributed by atoms with E-state index in [1.807, 2.05) is 133 Å². The fraction of sp³-hybridized carbons (Fsp3) is 0.150. The second-order valence-corrected chi connectivity index (χ2v) is 23.3. The van der Waals surface area contributed by atoms with Gasteiger partial charge in [0.1, 0.15) is 22.5 Å². The summed E-state index contributed by atoms with van der Waals surface area (Å²) >= 11 is 0.